The van der Waals surface area contributed by atoms with Crippen LogP contribution in [0.1, 0.15) is 32.6 Å². The fourth-order valence-electron chi connectivity index (χ4n) is 3.14. The highest BCUT2D eigenvalue weighted by atomic mass is 16.2. The van der Waals surface area contributed by atoms with Crippen molar-refractivity contribution in [2.75, 3.05) is 32.7 Å². The van der Waals surface area contributed by atoms with Gasteiger partial charge in [-0.3, -0.25) is 9.59 Å². The van der Waals surface area contributed by atoms with Crippen LogP contribution >= 0.6 is 0 Å². The van der Waals surface area contributed by atoms with Crippen LogP contribution in [0.2, 0.25) is 0 Å². The van der Waals surface area contributed by atoms with Gasteiger partial charge in [-0.05, 0) is 39.2 Å². The molecule has 0 aromatic heterocycles. The Hall–Kier alpha value is -1.10. The summed E-state index contributed by atoms with van der Waals surface area (Å²) in [5.74, 6) is 0.803. The Kier molecular flexibility index (Phi) is 3.25. The first-order valence-electron chi connectivity index (χ1n) is 7.43. The molecule has 3 fully saturated rings. The fourth-order valence-corrected chi connectivity index (χ4v) is 3.14. The van der Waals surface area contributed by atoms with Crippen molar-refractivity contribution >= 4 is 11.8 Å². The predicted octanol–water partition coefficient (Wildman–Crippen LogP) is 0.209. The van der Waals surface area contributed by atoms with Crippen LogP contribution in [0.3, 0.4) is 0 Å². The minimum Gasteiger partial charge on any atom is -0.339 e. The van der Waals surface area contributed by atoms with Crippen molar-refractivity contribution in [3.63, 3.8) is 0 Å². The zero-order chi connectivity index (χ0) is 13.5. The predicted molar refractivity (Wildman–Crippen MR) is 71.5 cm³/mol. The summed E-state index contributed by atoms with van der Waals surface area (Å²) in [5, 5.41) is 3.32. The van der Waals surface area contributed by atoms with E-state index in [4.69, 9.17) is 0 Å². The van der Waals surface area contributed by atoms with E-state index in [-0.39, 0.29) is 17.4 Å². The third-order valence-corrected chi connectivity index (χ3v) is 4.65. The Morgan fingerprint density at radius 1 is 1.11 bits per heavy atom. The topological polar surface area (TPSA) is 52.7 Å². The molecular formula is C14H23N3O2. The molecule has 0 radical (unpaired) electrons. The van der Waals surface area contributed by atoms with Crippen molar-refractivity contribution in [2.45, 2.75) is 38.1 Å². The summed E-state index contributed by atoms with van der Waals surface area (Å²) in [7, 11) is 0. The lowest BCUT2D eigenvalue weighted by Crippen LogP contribution is -2.58. The highest BCUT2D eigenvalue weighted by molar-refractivity contribution is 5.87. The Balaban J connectivity index is 1.54. The monoisotopic (exact) mass is 265 g/mol. The summed E-state index contributed by atoms with van der Waals surface area (Å²) in [6.07, 6.45) is 4.11. The number of nitrogens with zero attached hydrogens (tertiary/aromatic N) is 2. The van der Waals surface area contributed by atoms with E-state index >= 15 is 0 Å². The molecule has 5 heteroatoms. The van der Waals surface area contributed by atoms with Gasteiger partial charge in [0.1, 0.15) is 0 Å². The molecule has 3 aliphatic rings. The van der Waals surface area contributed by atoms with Crippen molar-refractivity contribution in [2.24, 2.45) is 5.92 Å². The normalized spacial score (nSPS) is 31.6. The van der Waals surface area contributed by atoms with E-state index in [0.717, 1.165) is 32.2 Å². The van der Waals surface area contributed by atoms with E-state index < -0.39 is 0 Å². The van der Waals surface area contributed by atoms with Crippen molar-refractivity contribution in [1.29, 1.82) is 0 Å². The number of nitrogens with one attached hydrogen (secondary N) is 1. The number of piperazine rings is 1. The highest BCUT2D eigenvalue weighted by Crippen LogP contribution is 2.31. The molecule has 19 heavy (non-hydrogen) atoms. The Morgan fingerprint density at radius 2 is 1.74 bits per heavy atom. The average molecular weight is 265 g/mol. The van der Waals surface area contributed by atoms with Gasteiger partial charge in [-0.15, -0.1) is 0 Å². The first-order chi connectivity index (χ1) is 9.10. The molecule has 1 unspecified atom stereocenters. The van der Waals surface area contributed by atoms with Crippen LogP contribution in [0.25, 0.3) is 0 Å². The molecule has 0 spiro atoms. The molecule has 5 nitrogen and oxygen atoms in total. The second-order valence-electron chi connectivity index (χ2n) is 6.25. The van der Waals surface area contributed by atoms with Gasteiger partial charge in [0, 0.05) is 32.1 Å². The summed E-state index contributed by atoms with van der Waals surface area (Å²) in [4.78, 5) is 28.3. The molecule has 2 heterocycles. The van der Waals surface area contributed by atoms with Gasteiger partial charge in [0.05, 0.1) is 5.54 Å². The first kappa shape index (κ1) is 12.9. The first-order valence-corrected chi connectivity index (χ1v) is 7.43. The van der Waals surface area contributed by atoms with Gasteiger partial charge < -0.3 is 15.1 Å². The van der Waals surface area contributed by atoms with Crippen LogP contribution in [-0.4, -0.2) is 59.9 Å². The zero-order valence-corrected chi connectivity index (χ0v) is 11.7. The highest BCUT2D eigenvalue weighted by Gasteiger charge is 2.41. The van der Waals surface area contributed by atoms with Gasteiger partial charge >= 0.3 is 0 Å². The smallest absolute Gasteiger partial charge is 0.242 e. The molecule has 1 aliphatic carbocycles. The number of hydrogen-bond donors (Lipinski definition) is 1. The molecule has 0 aromatic carbocycles. The maximum Gasteiger partial charge on any atom is 0.242 e. The number of carbonyl (C=O) groups excluding carboxylic acids is 2. The third-order valence-electron chi connectivity index (χ3n) is 4.65. The van der Waals surface area contributed by atoms with Gasteiger partial charge in [0.15, 0.2) is 0 Å². The van der Waals surface area contributed by atoms with Gasteiger partial charge in [-0.2, -0.15) is 0 Å². The number of amides is 2. The number of hydrogen-bond acceptors (Lipinski definition) is 3. The van der Waals surface area contributed by atoms with E-state index in [1.165, 1.54) is 0 Å². The maximum atomic E-state index is 12.5. The molecule has 1 saturated carbocycles. The lowest BCUT2D eigenvalue weighted by atomic mass is 9.98. The third kappa shape index (κ3) is 2.48. The Morgan fingerprint density at radius 3 is 2.26 bits per heavy atom. The molecular weight excluding hydrogens is 242 g/mol. The number of rotatable bonds is 2. The Bertz CT molecular complexity index is 378. The fraction of sp³-hybridized carbons (Fsp3) is 0.857. The van der Waals surface area contributed by atoms with Gasteiger partial charge in [0.25, 0.3) is 0 Å². The van der Waals surface area contributed by atoms with E-state index in [1.807, 2.05) is 16.7 Å². The Labute approximate surface area is 114 Å². The average Bonchev–Trinajstić information content (AvgIpc) is 3.19. The molecule has 1 N–H and O–H groups in total. The standard InChI is InChI=1S/C14H23N3O2/c1-14(5-2-6-15-14)13(19)17-9-7-16(8-10-17)12(18)11-3-4-11/h11,15H,2-10H2,1H3. The zero-order valence-electron chi connectivity index (χ0n) is 11.7. The molecule has 2 saturated heterocycles. The molecule has 106 valence electrons. The van der Waals surface area contributed by atoms with Crippen molar-refractivity contribution < 1.29 is 9.59 Å². The molecule has 0 bridgehead atoms. The van der Waals surface area contributed by atoms with Gasteiger partial charge in [0.2, 0.25) is 11.8 Å². The van der Waals surface area contributed by atoms with Crippen LogP contribution in [0.15, 0.2) is 0 Å². The van der Waals surface area contributed by atoms with Crippen LogP contribution in [-0.2, 0) is 9.59 Å². The van der Waals surface area contributed by atoms with E-state index in [0.29, 0.717) is 32.1 Å². The van der Waals surface area contributed by atoms with E-state index in [1.54, 1.807) is 0 Å². The van der Waals surface area contributed by atoms with Crippen molar-refractivity contribution in [1.82, 2.24) is 15.1 Å². The van der Waals surface area contributed by atoms with Crippen LogP contribution in [0, 0.1) is 5.92 Å². The maximum absolute atomic E-state index is 12.5. The SMILES string of the molecule is CC1(C(=O)N2CCN(C(=O)C3CC3)CC2)CCCN1. The molecule has 2 aliphatic heterocycles. The van der Waals surface area contributed by atoms with Crippen LogP contribution < -0.4 is 5.32 Å². The van der Waals surface area contributed by atoms with Gasteiger partial charge in [-0.1, -0.05) is 0 Å². The number of carbonyl (C=O) groups is 2. The van der Waals surface area contributed by atoms with Crippen molar-refractivity contribution in [3.8, 4) is 0 Å². The van der Waals surface area contributed by atoms with E-state index in [9.17, 15) is 9.59 Å². The lowest BCUT2D eigenvalue weighted by Gasteiger charge is -2.38. The van der Waals surface area contributed by atoms with Crippen LogP contribution in [0.5, 0.6) is 0 Å². The molecule has 2 amide bonds. The molecule has 0 aromatic rings. The quantitative estimate of drug-likeness (QED) is 0.776. The van der Waals surface area contributed by atoms with Crippen molar-refractivity contribution in [3.05, 3.63) is 0 Å². The summed E-state index contributed by atoms with van der Waals surface area (Å²) in [6.45, 7) is 5.73. The molecule has 1 atom stereocenters. The molecule has 3 rings (SSSR count). The summed E-state index contributed by atoms with van der Waals surface area (Å²) >= 11 is 0. The van der Waals surface area contributed by atoms with Crippen LogP contribution in [0.4, 0.5) is 0 Å². The summed E-state index contributed by atoms with van der Waals surface area (Å²) < 4.78 is 0. The van der Waals surface area contributed by atoms with E-state index in [2.05, 4.69) is 5.32 Å². The van der Waals surface area contributed by atoms with Gasteiger partial charge in [-0.25, -0.2) is 0 Å². The minimum atomic E-state index is -0.372. The second kappa shape index (κ2) is 4.78. The summed E-state index contributed by atoms with van der Waals surface area (Å²) in [6, 6.07) is 0. The lowest BCUT2D eigenvalue weighted by molar-refractivity contribution is -0.143. The second-order valence-corrected chi connectivity index (χ2v) is 6.25. The largest absolute Gasteiger partial charge is 0.339 e. The summed E-state index contributed by atoms with van der Waals surface area (Å²) in [5.41, 5.74) is -0.372. The minimum absolute atomic E-state index is 0.212.